The lowest BCUT2D eigenvalue weighted by molar-refractivity contribution is -0.112. The highest BCUT2D eigenvalue weighted by Crippen LogP contribution is 2.35. The quantitative estimate of drug-likeness (QED) is 0.250. The van der Waals surface area contributed by atoms with E-state index >= 15 is 0 Å². The summed E-state index contributed by atoms with van der Waals surface area (Å²) in [5.74, 6) is -1.00. The maximum atomic E-state index is 13.2. The molecular formula is C24H17Cl3N2O3. The summed E-state index contributed by atoms with van der Waals surface area (Å²) in [6, 6.07) is 19.1. The van der Waals surface area contributed by atoms with Crippen molar-refractivity contribution in [2.45, 2.75) is 6.54 Å². The second-order valence-electron chi connectivity index (χ2n) is 7.02. The van der Waals surface area contributed by atoms with Gasteiger partial charge in [0.05, 0.1) is 24.7 Å². The molecule has 0 saturated carbocycles. The number of aromatic nitrogens is 1. The minimum Gasteiger partial charge on any atom is -0.497 e. The minimum atomic E-state index is -0.788. The number of fused-ring (bicyclic) bond motifs is 1. The van der Waals surface area contributed by atoms with Crippen LogP contribution in [0.25, 0.3) is 10.9 Å². The number of nitrogens with zero attached hydrogens (tertiary/aromatic N) is 1. The van der Waals surface area contributed by atoms with Crippen LogP contribution in [0.2, 0.25) is 15.2 Å². The van der Waals surface area contributed by atoms with E-state index < -0.39 is 11.7 Å². The standard InChI is InChI=1S/C24H17Cl3N2O3/c1-32-17-9-10-20-18(12-17)21(22(30)24(31)28-16-5-3-2-4-6-16)23(27)29(20)13-14-7-8-15(25)11-19(14)26/h2-12H,13H2,1H3,(H,28,31). The molecule has 1 aromatic heterocycles. The third-order valence-corrected chi connectivity index (χ3v) is 6.00. The smallest absolute Gasteiger partial charge is 0.296 e. The van der Waals surface area contributed by atoms with Crippen molar-refractivity contribution in [3.05, 3.63) is 93.1 Å². The van der Waals surface area contributed by atoms with Gasteiger partial charge >= 0.3 is 0 Å². The first kappa shape index (κ1) is 22.2. The molecule has 32 heavy (non-hydrogen) atoms. The second-order valence-corrected chi connectivity index (χ2v) is 8.22. The van der Waals surface area contributed by atoms with Gasteiger partial charge in [0, 0.05) is 21.1 Å². The van der Waals surface area contributed by atoms with Gasteiger partial charge in [0.2, 0.25) is 0 Å². The molecule has 162 valence electrons. The molecule has 0 atom stereocenters. The van der Waals surface area contributed by atoms with Crippen LogP contribution in [0.15, 0.2) is 66.7 Å². The highest BCUT2D eigenvalue weighted by atomic mass is 35.5. The van der Waals surface area contributed by atoms with E-state index in [1.165, 1.54) is 7.11 Å². The fraction of sp³-hybridized carbons (Fsp3) is 0.0833. The number of benzene rings is 3. The van der Waals surface area contributed by atoms with Gasteiger partial charge in [0.15, 0.2) is 0 Å². The number of carbonyl (C=O) groups excluding carboxylic acids is 2. The van der Waals surface area contributed by atoms with Gasteiger partial charge in [-0.1, -0.05) is 59.1 Å². The Hall–Kier alpha value is -2.99. The Bertz CT molecular complexity index is 1330. The van der Waals surface area contributed by atoms with E-state index in [-0.39, 0.29) is 17.3 Å². The van der Waals surface area contributed by atoms with Crippen LogP contribution in [-0.4, -0.2) is 23.4 Å². The number of hydrogen-bond acceptors (Lipinski definition) is 3. The lowest BCUT2D eigenvalue weighted by atomic mass is 10.1. The molecule has 0 spiro atoms. The van der Waals surface area contributed by atoms with E-state index in [9.17, 15) is 9.59 Å². The van der Waals surface area contributed by atoms with Crippen molar-refractivity contribution in [1.82, 2.24) is 4.57 Å². The molecule has 1 heterocycles. The minimum absolute atomic E-state index is 0.0964. The molecule has 0 aliphatic carbocycles. The Morgan fingerprint density at radius 3 is 2.41 bits per heavy atom. The van der Waals surface area contributed by atoms with Crippen LogP contribution in [0.5, 0.6) is 5.75 Å². The van der Waals surface area contributed by atoms with Crippen LogP contribution in [0.3, 0.4) is 0 Å². The fourth-order valence-corrected chi connectivity index (χ4v) is 4.25. The number of ether oxygens (including phenoxy) is 1. The second kappa shape index (κ2) is 9.25. The molecule has 0 aliphatic rings. The van der Waals surface area contributed by atoms with Gasteiger partial charge in [-0.2, -0.15) is 0 Å². The van der Waals surface area contributed by atoms with Gasteiger partial charge in [-0.3, -0.25) is 9.59 Å². The average Bonchev–Trinajstić information content (AvgIpc) is 3.06. The lowest BCUT2D eigenvalue weighted by Crippen LogP contribution is -2.23. The van der Waals surface area contributed by atoms with Crippen molar-refractivity contribution < 1.29 is 14.3 Å². The van der Waals surface area contributed by atoms with Crippen molar-refractivity contribution in [2.24, 2.45) is 0 Å². The number of hydrogen-bond donors (Lipinski definition) is 1. The Kier molecular flexibility index (Phi) is 6.42. The SMILES string of the molecule is COc1ccc2c(c1)c(C(=O)C(=O)Nc1ccccc1)c(Cl)n2Cc1ccc(Cl)cc1Cl. The van der Waals surface area contributed by atoms with E-state index in [2.05, 4.69) is 5.32 Å². The number of halogens is 3. The summed E-state index contributed by atoms with van der Waals surface area (Å²) in [6.45, 7) is 0.283. The normalized spacial score (nSPS) is 10.9. The zero-order chi connectivity index (χ0) is 22.8. The molecule has 0 radical (unpaired) electrons. The molecule has 0 aliphatic heterocycles. The summed E-state index contributed by atoms with van der Waals surface area (Å²) in [7, 11) is 1.52. The molecule has 8 heteroatoms. The van der Waals surface area contributed by atoms with Gasteiger partial charge in [-0.25, -0.2) is 0 Å². The van der Waals surface area contributed by atoms with Gasteiger partial charge in [0.1, 0.15) is 10.9 Å². The highest BCUT2D eigenvalue weighted by Gasteiger charge is 2.27. The summed E-state index contributed by atoms with van der Waals surface area (Å²) in [6.07, 6.45) is 0. The average molecular weight is 488 g/mol. The third kappa shape index (κ3) is 4.32. The topological polar surface area (TPSA) is 60.3 Å². The number of rotatable bonds is 6. The number of carbonyl (C=O) groups is 2. The van der Waals surface area contributed by atoms with Crippen LogP contribution in [0.4, 0.5) is 5.69 Å². The molecule has 0 bridgehead atoms. The fourth-order valence-electron chi connectivity index (χ4n) is 3.44. The number of para-hydroxylation sites is 1. The number of amides is 1. The Morgan fingerprint density at radius 1 is 0.969 bits per heavy atom. The van der Waals surface area contributed by atoms with Crippen LogP contribution in [0, 0.1) is 0 Å². The van der Waals surface area contributed by atoms with E-state index in [4.69, 9.17) is 39.5 Å². The Morgan fingerprint density at radius 2 is 1.72 bits per heavy atom. The summed E-state index contributed by atoms with van der Waals surface area (Å²) in [5.41, 5.74) is 2.03. The first-order chi connectivity index (χ1) is 15.4. The largest absolute Gasteiger partial charge is 0.497 e. The predicted molar refractivity (Wildman–Crippen MR) is 128 cm³/mol. The molecule has 3 aromatic carbocycles. The van der Waals surface area contributed by atoms with Gasteiger partial charge in [-0.15, -0.1) is 0 Å². The van der Waals surface area contributed by atoms with Crippen molar-refractivity contribution >= 4 is 63.1 Å². The van der Waals surface area contributed by atoms with Crippen molar-refractivity contribution in [1.29, 1.82) is 0 Å². The van der Waals surface area contributed by atoms with Crippen molar-refractivity contribution in [3.63, 3.8) is 0 Å². The highest BCUT2D eigenvalue weighted by molar-refractivity contribution is 6.52. The number of Topliss-reactive ketones (excluding diaryl/α,β-unsaturated/α-hetero) is 1. The van der Waals surface area contributed by atoms with E-state index in [1.54, 1.807) is 65.2 Å². The van der Waals surface area contributed by atoms with Gasteiger partial charge < -0.3 is 14.6 Å². The molecular weight excluding hydrogens is 471 g/mol. The Labute approximate surface area is 199 Å². The van der Waals surface area contributed by atoms with Crippen LogP contribution < -0.4 is 10.1 Å². The molecule has 1 amide bonds. The third-order valence-electron chi connectivity index (χ3n) is 5.02. The van der Waals surface area contributed by atoms with E-state index in [0.717, 1.165) is 5.56 Å². The lowest BCUT2D eigenvalue weighted by Gasteiger charge is -2.10. The van der Waals surface area contributed by atoms with Crippen molar-refractivity contribution in [2.75, 3.05) is 12.4 Å². The maximum Gasteiger partial charge on any atom is 0.296 e. The van der Waals surface area contributed by atoms with Gasteiger partial charge in [-0.05, 0) is 48.0 Å². The first-order valence-electron chi connectivity index (χ1n) is 9.59. The molecule has 5 nitrogen and oxygen atoms in total. The molecule has 4 rings (SSSR count). The number of anilines is 1. The Balaban J connectivity index is 1.80. The molecule has 0 fully saturated rings. The predicted octanol–water partition coefficient (Wildman–Crippen LogP) is 6.48. The van der Waals surface area contributed by atoms with E-state index in [0.29, 0.717) is 32.4 Å². The van der Waals surface area contributed by atoms with E-state index in [1.807, 2.05) is 6.07 Å². The van der Waals surface area contributed by atoms with Crippen LogP contribution in [0.1, 0.15) is 15.9 Å². The van der Waals surface area contributed by atoms with Crippen LogP contribution in [-0.2, 0) is 11.3 Å². The summed E-state index contributed by atoms with van der Waals surface area (Å²) in [5, 5.41) is 4.24. The van der Waals surface area contributed by atoms with Crippen molar-refractivity contribution in [3.8, 4) is 5.75 Å². The number of methoxy groups -OCH3 is 1. The first-order valence-corrected chi connectivity index (χ1v) is 10.7. The number of ketones is 1. The maximum absolute atomic E-state index is 13.2. The summed E-state index contributed by atoms with van der Waals surface area (Å²) in [4.78, 5) is 25.9. The zero-order valence-corrected chi connectivity index (χ0v) is 19.1. The monoisotopic (exact) mass is 486 g/mol. The molecule has 0 unspecified atom stereocenters. The number of nitrogens with one attached hydrogen (secondary N) is 1. The zero-order valence-electron chi connectivity index (χ0n) is 16.9. The van der Waals surface area contributed by atoms with Crippen LogP contribution >= 0.6 is 34.8 Å². The summed E-state index contributed by atoms with van der Waals surface area (Å²) < 4.78 is 7.04. The molecule has 1 N–H and O–H groups in total. The summed E-state index contributed by atoms with van der Waals surface area (Å²) >= 11 is 19.0. The molecule has 0 saturated heterocycles. The van der Waals surface area contributed by atoms with Gasteiger partial charge in [0.25, 0.3) is 11.7 Å². The molecule has 4 aromatic rings.